The van der Waals surface area contributed by atoms with Gasteiger partial charge in [0.15, 0.2) is 32.9 Å². The molecule has 0 unspecified atom stereocenters. The van der Waals surface area contributed by atoms with E-state index in [0.29, 0.717) is 28.4 Å². The lowest BCUT2D eigenvalue weighted by molar-refractivity contribution is -0.192. The van der Waals surface area contributed by atoms with Gasteiger partial charge in [-0.2, -0.15) is 18.3 Å². The van der Waals surface area contributed by atoms with Crippen LogP contribution in [0.4, 0.5) is 24.8 Å². The number of nitrogens with zero attached hydrogens (tertiary/aromatic N) is 4. The first-order valence-electron chi connectivity index (χ1n) is 11.3. The van der Waals surface area contributed by atoms with Crippen molar-refractivity contribution in [2.75, 3.05) is 17.3 Å². The fraction of sp³-hybridized carbons (Fsp3) is 0.125. The molecule has 17 heteroatoms. The number of aryl methyl sites for hydroxylation is 1. The molecule has 0 bridgehead atoms. The van der Waals surface area contributed by atoms with E-state index in [4.69, 9.17) is 20.1 Å². The number of nitrogen functional groups attached to an aromatic ring is 1. The summed E-state index contributed by atoms with van der Waals surface area (Å²) < 4.78 is 62.8. The summed E-state index contributed by atoms with van der Waals surface area (Å²) in [6.45, 7) is 1.85. The van der Waals surface area contributed by atoms with E-state index in [1.165, 1.54) is 12.5 Å². The third-order valence-electron chi connectivity index (χ3n) is 5.51. The highest BCUT2D eigenvalue weighted by Crippen LogP contribution is 2.29. The molecule has 0 saturated carbocycles. The summed E-state index contributed by atoms with van der Waals surface area (Å²) in [6, 6.07) is 9.97. The number of aromatic nitrogens is 5. The number of hydrogen-bond donors (Lipinski definition) is 4. The monoisotopic (exact) mass is 591 g/mol. The van der Waals surface area contributed by atoms with Crippen molar-refractivity contribution in [3.63, 3.8) is 0 Å². The lowest BCUT2D eigenvalue weighted by Gasteiger charge is -2.10. The first-order chi connectivity index (χ1) is 19.1. The number of carboxylic acid groups (broad SMARTS) is 1. The number of rotatable bonds is 5. The fourth-order valence-corrected chi connectivity index (χ4v) is 4.20. The molecule has 5 N–H and O–H groups in total. The predicted octanol–water partition coefficient (Wildman–Crippen LogP) is 3.56. The van der Waals surface area contributed by atoms with Crippen LogP contribution in [-0.4, -0.2) is 62.4 Å². The molecule has 0 spiro atoms. The third-order valence-corrected chi connectivity index (χ3v) is 6.62. The second kappa shape index (κ2) is 10.8. The molecule has 0 aliphatic carbocycles. The summed E-state index contributed by atoms with van der Waals surface area (Å²) >= 11 is 0. The highest BCUT2D eigenvalue weighted by molar-refractivity contribution is 7.90. The van der Waals surface area contributed by atoms with E-state index in [2.05, 4.69) is 25.5 Å². The molecule has 1 aromatic carbocycles. The van der Waals surface area contributed by atoms with E-state index in [9.17, 15) is 26.4 Å². The first kappa shape index (κ1) is 28.8. The molecule has 0 aliphatic heterocycles. The Bertz CT molecular complexity index is 1860. The smallest absolute Gasteiger partial charge is 0.475 e. The van der Waals surface area contributed by atoms with E-state index in [1.54, 1.807) is 47.0 Å². The predicted molar refractivity (Wildman–Crippen MR) is 139 cm³/mol. The molecule has 0 aliphatic rings. The highest BCUT2D eigenvalue weighted by Gasteiger charge is 2.38. The van der Waals surface area contributed by atoms with Crippen molar-refractivity contribution in [2.24, 2.45) is 0 Å². The number of fused-ring (bicyclic) bond motifs is 1. The van der Waals surface area contributed by atoms with Gasteiger partial charge >= 0.3 is 12.1 Å². The quantitative estimate of drug-likeness (QED) is 0.234. The Morgan fingerprint density at radius 1 is 1.20 bits per heavy atom. The van der Waals surface area contributed by atoms with Crippen molar-refractivity contribution in [2.45, 2.75) is 18.0 Å². The Morgan fingerprint density at radius 2 is 1.90 bits per heavy atom. The molecule has 5 rings (SSSR count). The Kier molecular flexibility index (Phi) is 7.56. The second-order valence-electron chi connectivity index (χ2n) is 8.50. The minimum Gasteiger partial charge on any atom is -0.475 e. The van der Waals surface area contributed by atoms with Gasteiger partial charge in [-0.05, 0) is 36.8 Å². The van der Waals surface area contributed by atoms with E-state index >= 15 is 0 Å². The fourth-order valence-electron chi connectivity index (χ4n) is 3.55. The molecule has 4 aromatic heterocycles. The van der Waals surface area contributed by atoms with Gasteiger partial charge in [-0.3, -0.25) is 14.3 Å². The van der Waals surface area contributed by atoms with Gasteiger partial charge in [0.2, 0.25) is 0 Å². The van der Waals surface area contributed by atoms with Gasteiger partial charge in [-0.25, -0.2) is 23.2 Å². The Morgan fingerprint density at radius 3 is 2.51 bits per heavy atom. The number of aromatic amines is 1. The molecule has 5 aromatic rings. The third kappa shape index (κ3) is 6.35. The van der Waals surface area contributed by atoms with Crippen LogP contribution in [0.1, 0.15) is 16.1 Å². The number of anilines is 2. The van der Waals surface area contributed by atoms with Crippen molar-refractivity contribution in [1.29, 1.82) is 0 Å². The summed E-state index contributed by atoms with van der Waals surface area (Å²) in [7, 11) is -3.41. The molecule has 13 nitrogen and oxygen atoms in total. The highest BCUT2D eigenvalue weighted by atomic mass is 32.2. The lowest BCUT2D eigenvalue weighted by Crippen LogP contribution is -2.21. The summed E-state index contributed by atoms with van der Waals surface area (Å²) in [4.78, 5) is 30.5. The number of carbonyl (C=O) groups is 2. The Balaban J connectivity index is 0.000000493. The minimum absolute atomic E-state index is 0.0312. The maximum atomic E-state index is 12.9. The summed E-state index contributed by atoms with van der Waals surface area (Å²) in [5.74, 6) is -2.39. The molecule has 41 heavy (non-hydrogen) atoms. The zero-order chi connectivity index (χ0) is 30.1. The van der Waals surface area contributed by atoms with E-state index in [0.717, 1.165) is 11.8 Å². The number of imidazole rings is 1. The number of halogens is 3. The lowest BCUT2D eigenvalue weighted by atomic mass is 10.1. The van der Waals surface area contributed by atoms with Gasteiger partial charge in [0, 0.05) is 24.1 Å². The maximum Gasteiger partial charge on any atom is 0.490 e. The molecular weight excluding hydrogens is 571 g/mol. The number of sulfone groups is 1. The van der Waals surface area contributed by atoms with Crippen LogP contribution in [0.3, 0.4) is 0 Å². The zero-order valence-electron chi connectivity index (χ0n) is 21.1. The maximum absolute atomic E-state index is 12.9. The van der Waals surface area contributed by atoms with Crippen molar-refractivity contribution in [3.05, 3.63) is 66.3 Å². The Hall–Kier alpha value is -5.19. The van der Waals surface area contributed by atoms with Gasteiger partial charge in [0.05, 0.1) is 23.0 Å². The molecule has 0 saturated heterocycles. The van der Waals surface area contributed by atoms with Crippen LogP contribution in [-0.2, 0) is 14.6 Å². The number of carbonyl (C=O) groups excluding carboxylic acids is 1. The van der Waals surface area contributed by atoms with Gasteiger partial charge in [-0.15, -0.1) is 0 Å². The number of carboxylic acids is 1. The van der Waals surface area contributed by atoms with Crippen LogP contribution in [0.2, 0.25) is 0 Å². The summed E-state index contributed by atoms with van der Waals surface area (Å²) in [5.41, 5.74) is 9.10. The molecule has 4 heterocycles. The van der Waals surface area contributed by atoms with Crippen LogP contribution < -0.4 is 11.1 Å². The molecular formula is C24H20F3N7O6S. The van der Waals surface area contributed by atoms with Gasteiger partial charge in [-0.1, -0.05) is 6.07 Å². The molecule has 0 fully saturated rings. The van der Waals surface area contributed by atoms with Crippen molar-refractivity contribution < 1.29 is 40.7 Å². The van der Waals surface area contributed by atoms with Crippen LogP contribution in [0.15, 0.2) is 64.4 Å². The number of furan rings is 1. The molecule has 1 amide bonds. The SMILES string of the molecule is Cc1ccc(S(C)(=O)=O)cc1-c1cnc2c(N)nc(C(=O)Nc3cc(-c4ccco4)[nH]n3)cn12.O=C(O)C(F)(F)F. The van der Waals surface area contributed by atoms with Crippen LogP contribution >= 0.6 is 0 Å². The van der Waals surface area contributed by atoms with Crippen LogP contribution in [0, 0.1) is 6.92 Å². The Labute approximate surface area is 228 Å². The number of nitrogens with one attached hydrogen (secondary N) is 2. The average Bonchev–Trinajstić information content (AvgIpc) is 3.64. The first-order valence-corrected chi connectivity index (χ1v) is 13.2. The standard InChI is InChI=1S/C22H19N7O4S.C2HF3O2/c1-12-5-6-13(34(2,31)32)8-14(12)17-10-24-21-20(23)25-16(11-29(17)21)22(30)26-19-9-15(27-28-19)18-4-3-7-33-18;3-2(4,5)1(6)7/h3-11H,1-2H3,(H2,23,25)(H2,26,27,28,30);(H,6,7). The van der Waals surface area contributed by atoms with Gasteiger partial charge in [0.25, 0.3) is 5.91 Å². The number of benzene rings is 1. The molecule has 0 atom stereocenters. The largest absolute Gasteiger partial charge is 0.490 e. The van der Waals surface area contributed by atoms with Gasteiger partial charge < -0.3 is 20.6 Å². The number of aliphatic carboxylic acids is 1. The van der Waals surface area contributed by atoms with E-state index in [-0.39, 0.29) is 22.2 Å². The molecule has 0 radical (unpaired) electrons. The molecule has 214 valence electrons. The number of H-pyrrole nitrogens is 1. The normalized spacial score (nSPS) is 11.6. The van der Waals surface area contributed by atoms with Crippen molar-refractivity contribution in [3.8, 4) is 22.7 Å². The van der Waals surface area contributed by atoms with E-state index in [1.807, 2.05) is 6.92 Å². The topological polar surface area (TPSA) is 199 Å². The average molecular weight is 592 g/mol. The van der Waals surface area contributed by atoms with Crippen LogP contribution in [0.25, 0.3) is 28.4 Å². The van der Waals surface area contributed by atoms with Crippen molar-refractivity contribution >= 4 is 39.0 Å². The number of nitrogens with two attached hydrogens (primary N) is 1. The second-order valence-corrected chi connectivity index (χ2v) is 10.5. The number of hydrogen-bond acceptors (Lipinski definition) is 9. The summed E-state index contributed by atoms with van der Waals surface area (Å²) in [6.07, 6.45) is 0.655. The van der Waals surface area contributed by atoms with Crippen molar-refractivity contribution in [1.82, 2.24) is 24.6 Å². The van der Waals surface area contributed by atoms with Crippen LogP contribution in [0.5, 0.6) is 0 Å². The minimum atomic E-state index is -5.08. The van der Waals surface area contributed by atoms with E-state index < -0.39 is 27.9 Å². The summed E-state index contributed by atoms with van der Waals surface area (Å²) in [5, 5.41) is 16.7. The number of alkyl halides is 3. The number of amides is 1. The zero-order valence-corrected chi connectivity index (χ0v) is 21.9. The van der Waals surface area contributed by atoms with Gasteiger partial charge in [0.1, 0.15) is 11.4 Å².